The normalized spacial score (nSPS) is 18.4. The van der Waals surface area contributed by atoms with Crippen LogP contribution >= 0.6 is 0 Å². The van der Waals surface area contributed by atoms with E-state index >= 15 is 0 Å². The summed E-state index contributed by atoms with van der Waals surface area (Å²) in [6.07, 6.45) is 5.63. The molecule has 0 bridgehead atoms. The minimum absolute atomic E-state index is 0.193. The Labute approximate surface area is 126 Å². The molecule has 5 nitrogen and oxygen atoms in total. The first kappa shape index (κ1) is 16.3. The molecule has 0 aliphatic heterocycles. The number of rotatable bonds is 6. The van der Waals surface area contributed by atoms with Crippen LogP contribution in [0.15, 0.2) is 29.2 Å². The highest BCUT2D eigenvalue weighted by molar-refractivity contribution is 7.89. The first-order valence-corrected chi connectivity index (χ1v) is 8.91. The van der Waals surface area contributed by atoms with E-state index in [2.05, 4.69) is 4.72 Å². The van der Waals surface area contributed by atoms with Crippen molar-refractivity contribution >= 4 is 10.0 Å². The summed E-state index contributed by atoms with van der Waals surface area (Å²) >= 11 is 0. The van der Waals surface area contributed by atoms with Crippen LogP contribution in [-0.2, 0) is 10.0 Å². The van der Waals surface area contributed by atoms with Crippen LogP contribution in [0.25, 0.3) is 0 Å². The molecule has 0 aromatic heterocycles. The van der Waals surface area contributed by atoms with E-state index in [4.69, 9.17) is 10.5 Å². The fourth-order valence-electron chi connectivity index (χ4n) is 2.91. The van der Waals surface area contributed by atoms with Crippen molar-refractivity contribution in [3.63, 3.8) is 0 Å². The van der Waals surface area contributed by atoms with Gasteiger partial charge in [-0.3, -0.25) is 0 Å². The van der Waals surface area contributed by atoms with Crippen molar-refractivity contribution in [1.29, 1.82) is 0 Å². The van der Waals surface area contributed by atoms with Gasteiger partial charge >= 0.3 is 0 Å². The maximum absolute atomic E-state index is 12.5. The van der Waals surface area contributed by atoms with Gasteiger partial charge in [-0.1, -0.05) is 25.3 Å². The summed E-state index contributed by atoms with van der Waals surface area (Å²) in [6, 6.07) is 6.30. The lowest BCUT2D eigenvalue weighted by atomic mass is 9.84. The minimum Gasteiger partial charge on any atom is -0.497 e. The highest BCUT2D eigenvalue weighted by Gasteiger charge is 2.27. The largest absolute Gasteiger partial charge is 0.497 e. The van der Waals surface area contributed by atoms with Crippen LogP contribution in [0.2, 0.25) is 0 Å². The third-order valence-electron chi connectivity index (χ3n) is 4.13. The molecular formula is C15H24N2O3S. The van der Waals surface area contributed by atoms with E-state index in [0.717, 1.165) is 25.7 Å². The molecule has 1 aliphatic rings. The Morgan fingerprint density at radius 2 is 2.05 bits per heavy atom. The van der Waals surface area contributed by atoms with Gasteiger partial charge in [0.25, 0.3) is 0 Å². The monoisotopic (exact) mass is 312 g/mol. The molecule has 1 fully saturated rings. The molecule has 2 rings (SSSR count). The van der Waals surface area contributed by atoms with Crippen molar-refractivity contribution in [1.82, 2.24) is 4.72 Å². The summed E-state index contributed by atoms with van der Waals surface area (Å²) in [4.78, 5) is 0.219. The molecular weight excluding hydrogens is 288 g/mol. The average Bonchev–Trinajstić information content (AvgIpc) is 2.53. The number of nitrogens with two attached hydrogens (primary N) is 1. The van der Waals surface area contributed by atoms with Gasteiger partial charge in [0.1, 0.15) is 5.75 Å². The van der Waals surface area contributed by atoms with Gasteiger partial charge in [-0.2, -0.15) is 0 Å². The Hall–Kier alpha value is -1.11. The highest BCUT2D eigenvalue weighted by Crippen LogP contribution is 2.27. The molecule has 0 radical (unpaired) electrons. The quantitative estimate of drug-likeness (QED) is 0.840. The number of hydrogen-bond donors (Lipinski definition) is 2. The van der Waals surface area contributed by atoms with Crippen LogP contribution in [-0.4, -0.2) is 28.1 Å². The number of hydrogen-bond acceptors (Lipinski definition) is 4. The van der Waals surface area contributed by atoms with Gasteiger partial charge in [0.05, 0.1) is 12.0 Å². The number of nitrogens with one attached hydrogen (secondary N) is 1. The molecule has 0 heterocycles. The Morgan fingerprint density at radius 3 is 2.67 bits per heavy atom. The number of ether oxygens (including phenoxy) is 1. The van der Waals surface area contributed by atoms with Crippen LogP contribution in [0.3, 0.4) is 0 Å². The lowest BCUT2D eigenvalue weighted by molar-refractivity contribution is 0.294. The maximum atomic E-state index is 12.5. The number of methoxy groups -OCH3 is 1. The van der Waals surface area contributed by atoms with Gasteiger partial charge in [-0.15, -0.1) is 0 Å². The molecule has 0 saturated heterocycles. The van der Waals surface area contributed by atoms with Crippen LogP contribution in [0.5, 0.6) is 5.75 Å². The van der Waals surface area contributed by atoms with Gasteiger partial charge in [-0.25, -0.2) is 13.1 Å². The zero-order valence-corrected chi connectivity index (χ0v) is 13.2. The van der Waals surface area contributed by atoms with Gasteiger partial charge < -0.3 is 10.5 Å². The zero-order chi connectivity index (χ0) is 15.3. The molecule has 0 spiro atoms. The first-order chi connectivity index (χ1) is 10.1. The molecule has 1 aromatic carbocycles. The lowest BCUT2D eigenvalue weighted by Gasteiger charge is -2.29. The predicted molar refractivity (Wildman–Crippen MR) is 82.7 cm³/mol. The van der Waals surface area contributed by atoms with E-state index in [1.54, 1.807) is 18.2 Å². The van der Waals surface area contributed by atoms with Crippen LogP contribution < -0.4 is 15.2 Å². The number of sulfonamides is 1. The topological polar surface area (TPSA) is 81.4 Å². The third kappa shape index (κ3) is 4.18. The van der Waals surface area contributed by atoms with Crippen molar-refractivity contribution in [2.75, 3.05) is 13.7 Å². The second-order valence-corrected chi connectivity index (χ2v) is 7.25. The summed E-state index contributed by atoms with van der Waals surface area (Å²) in [5, 5.41) is 0. The Balaban J connectivity index is 2.14. The number of benzene rings is 1. The summed E-state index contributed by atoms with van der Waals surface area (Å²) in [7, 11) is -2.05. The predicted octanol–water partition coefficient (Wildman–Crippen LogP) is 1.88. The Kier molecular flexibility index (Phi) is 5.61. The molecule has 1 atom stereocenters. The summed E-state index contributed by atoms with van der Waals surface area (Å²) in [5.74, 6) is 0.865. The van der Waals surface area contributed by atoms with Gasteiger partial charge in [-0.05, 0) is 30.9 Å². The molecule has 21 heavy (non-hydrogen) atoms. The Morgan fingerprint density at radius 1 is 1.33 bits per heavy atom. The van der Waals surface area contributed by atoms with Crippen molar-refractivity contribution in [3.05, 3.63) is 24.3 Å². The van der Waals surface area contributed by atoms with Crippen molar-refractivity contribution in [3.8, 4) is 5.75 Å². The maximum Gasteiger partial charge on any atom is 0.241 e. The highest BCUT2D eigenvalue weighted by atomic mass is 32.2. The third-order valence-corrected chi connectivity index (χ3v) is 5.62. The van der Waals surface area contributed by atoms with Gasteiger partial charge in [0.2, 0.25) is 10.0 Å². The van der Waals surface area contributed by atoms with E-state index in [0.29, 0.717) is 18.2 Å². The van der Waals surface area contributed by atoms with E-state index in [9.17, 15) is 8.42 Å². The van der Waals surface area contributed by atoms with Crippen LogP contribution in [0.1, 0.15) is 32.1 Å². The summed E-state index contributed by atoms with van der Waals surface area (Å²) in [6.45, 7) is 0.327. The molecule has 0 amide bonds. The summed E-state index contributed by atoms with van der Waals surface area (Å²) < 4.78 is 32.8. The first-order valence-electron chi connectivity index (χ1n) is 7.43. The average molecular weight is 312 g/mol. The van der Waals surface area contributed by atoms with E-state index in [1.807, 2.05) is 0 Å². The molecule has 1 unspecified atom stereocenters. The van der Waals surface area contributed by atoms with Crippen molar-refractivity contribution < 1.29 is 13.2 Å². The molecule has 6 heteroatoms. The second kappa shape index (κ2) is 7.24. The van der Waals surface area contributed by atoms with Crippen molar-refractivity contribution in [2.45, 2.75) is 43.0 Å². The van der Waals surface area contributed by atoms with Crippen LogP contribution in [0, 0.1) is 5.92 Å². The minimum atomic E-state index is -3.56. The van der Waals surface area contributed by atoms with E-state index in [-0.39, 0.29) is 10.9 Å². The standard InChI is InChI=1S/C15H24N2O3S/c1-20-13-8-5-9-14(10-13)21(18,19)17-15(11-16)12-6-3-2-4-7-12/h5,8-10,12,15,17H,2-4,6-7,11,16H2,1H3. The molecule has 1 aliphatic carbocycles. The molecule has 118 valence electrons. The zero-order valence-electron chi connectivity index (χ0n) is 12.4. The fraction of sp³-hybridized carbons (Fsp3) is 0.600. The molecule has 1 saturated carbocycles. The fourth-order valence-corrected chi connectivity index (χ4v) is 4.26. The van der Waals surface area contributed by atoms with E-state index < -0.39 is 10.0 Å². The van der Waals surface area contributed by atoms with Crippen LogP contribution in [0.4, 0.5) is 0 Å². The van der Waals surface area contributed by atoms with E-state index in [1.165, 1.54) is 19.6 Å². The van der Waals surface area contributed by atoms with Gasteiger partial charge in [0, 0.05) is 18.7 Å². The SMILES string of the molecule is COc1cccc(S(=O)(=O)NC(CN)C2CCCCC2)c1. The Bertz CT molecular complexity index is 554. The second-order valence-electron chi connectivity index (χ2n) is 5.54. The molecule has 3 N–H and O–H groups in total. The molecule has 1 aromatic rings. The van der Waals surface area contributed by atoms with Crippen molar-refractivity contribution in [2.24, 2.45) is 11.7 Å². The van der Waals surface area contributed by atoms with Gasteiger partial charge in [0.15, 0.2) is 0 Å². The lowest BCUT2D eigenvalue weighted by Crippen LogP contribution is -2.45. The summed E-state index contributed by atoms with van der Waals surface area (Å²) in [5.41, 5.74) is 5.79. The smallest absolute Gasteiger partial charge is 0.241 e.